The van der Waals surface area contributed by atoms with Crippen molar-refractivity contribution in [2.75, 3.05) is 26.7 Å². The first-order valence-corrected chi connectivity index (χ1v) is 9.53. The van der Waals surface area contributed by atoms with Crippen LogP contribution in [0.1, 0.15) is 22.0 Å². The van der Waals surface area contributed by atoms with Crippen LogP contribution in [-0.4, -0.2) is 55.4 Å². The third kappa shape index (κ3) is 4.30. The molecule has 1 aliphatic heterocycles. The predicted molar refractivity (Wildman–Crippen MR) is 101 cm³/mol. The topological polar surface area (TPSA) is 77.9 Å². The van der Waals surface area contributed by atoms with Crippen LogP contribution in [0.3, 0.4) is 0 Å². The number of piperazine rings is 1. The average molecular weight is 415 g/mol. The molecule has 1 aliphatic rings. The second kappa shape index (κ2) is 8.35. The molecule has 3 rings (SSSR count). The number of sulfonamides is 1. The summed E-state index contributed by atoms with van der Waals surface area (Å²) in [7, 11) is -2.06. The second-order valence-electron chi connectivity index (χ2n) is 6.25. The Morgan fingerprint density at radius 1 is 1.15 bits per heavy atom. The first-order chi connectivity index (χ1) is 12.3. The van der Waals surface area contributed by atoms with Crippen molar-refractivity contribution in [1.82, 2.24) is 9.21 Å². The minimum absolute atomic E-state index is 0. The first-order valence-electron chi connectivity index (χ1n) is 8.09. The van der Waals surface area contributed by atoms with Crippen molar-refractivity contribution in [3.8, 4) is 0 Å². The standard InChI is InChI=1S/C18H19FN2O4S.ClH/c1-20-9-10-21(17(12-20)13-5-3-2-4-6-13)26(24,25)14-7-8-16(19)15(11-14)18(22)23;/h2-8,11,17H,9-10,12H2,1H3,(H,22,23);1H. The Morgan fingerprint density at radius 2 is 1.81 bits per heavy atom. The molecule has 0 aliphatic carbocycles. The van der Waals surface area contributed by atoms with Crippen LogP contribution in [0.15, 0.2) is 53.4 Å². The van der Waals surface area contributed by atoms with E-state index in [1.165, 1.54) is 4.31 Å². The van der Waals surface area contributed by atoms with Crippen molar-refractivity contribution >= 4 is 28.4 Å². The van der Waals surface area contributed by atoms with Crippen LogP contribution in [0.4, 0.5) is 4.39 Å². The summed E-state index contributed by atoms with van der Waals surface area (Å²) >= 11 is 0. The molecular weight excluding hydrogens is 395 g/mol. The zero-order valence-electron chi connectivity index (χ0n) is 14.6. The zero-order chi connectivity index (χ0) is 18.9. The molecule has 27 heavy (non-hydrogen) atoms. The molecule has 0 aromatic heterocycles. The van der Waals surface area contributed by atoms with E-state index in [1.807, 2.05) is 42.3 Å². The molecule has 1 atom stereocenters. The summed E-state index contributed by atoms with van der Waals surface area (Å²) in [6, 6.07) is 11.7. The fourth-order valence-corrected chi connectivity index (χ4v) is 4.72. The van der Waals surface area contributed by atoms with Crippen LogP contribution in [-0.2, 0) is 10.0 Å². The molecule has 1 saturated heterocycles. The molecule has 9 heteroatoms. The van der Waals surface area contributed by atoms with Crippen LogP contribution in [0.25, 0.3) is 0 Å². The Hall–Kier alpha value is -2.00. The van der Waals surface area contributed by atoms with Gasteiger partial charge >= 0.3 is 5.97 Å². The third-order valence-corrected chi connectivity index (χ3v) is 6.40. The molecule has 0 amide bonds. The van der Waals surface area contributed by atoms with E-state index in [0.717, 1.165) is 23.8 Å². The highest BCUT2D eigenvalue weighted by molar-refractivity contribution is 7.89. The minimum Gasteiger partial charge on any atom is -0.478 e. The molecule has 0 radical (unpaired) electrons. The lowest BCUT2D eigenvalue weighted by Crippen LogP contribution is -2.49. The van der Waals surface area contributed by atoms with Gasteiger partial charge in [0.2, 0.25) is 10.0 Å². The summed E-state index contributed by atoms with van der Waals surface area (Å²) in [5, 5.41) is 9.08. The van der Waals surface area contributed by atoms with E-state index in [4.69, 9.17) is 5.11 Å². The molecule has 2 aromatic carbocycles. The number of carboxylic acids is 1. The minimum atomic E-state index is -3.98. The van der Waals surface area contributed by atoms with E-state index < -0.39 is 33.4 Å². The largest absolute Gasteiger partial charge is 0.478 e. The van der Waals surface area contributed by atoms with Gasteiger partial charge in [-0.1, -0.05) is 30.3 Å². The van der Waals surface area contributed by atoms with Gasteiger partial charge in [-0.25, -0.2) is 17.6 Å². The molecule has 2 aromatic rings. The molecule has 1 heterocycles. The molecule has 0 bridgehead atoms. The van der Waals surface area contributed by atoms with Gasteiger partial charge in [-0.15, -0.1) is 12.4 Å². The average Bonchev–Trinajstić information content (AvgIpc) is 2.62. The number of aromatic carboxylic acids is 1. The lowest BCUT2D eigenvalue weighted by Gasteiger charge is -2.39. The number of halogens is 2. The number of carbonyl (C=O) groups is 1. The SMILES string of the molecule is CN1CCN(S(=O)(=O)c2ccc(F)c(C(=O)O)c2)C(c2ccccc2)C1.Cl. The second-order valence-corrected chi connectivity index (χ2v) is 8.14. The van der Waals surface area contributed by atoms with E-state index in [9.17, 15) is 17.6 Å². The maximum atomic E-state index is 13.6. The van der Waals surface area contributed by atoms with Crippen molar-refractivity contribution in [2.24, 2.45) is 0 Å². The molecule has 146 valence electrons. The monoisotopic (exact) mass is 414 g/mol. The number of rotatable bonds is 4. The molecule has 6 nitrogen and oxygen atoms in total. The number of hydrogen-bond donors (Lipinski definition) is 1. The van der Waals surface area contributed by atoms with E-state index >= 15 is 0 Å². The summed E-state index contributed by atoms with van der Waals surface area (Å²) in [4.78, 5) is 13.0. The molecule has 0 spiro atoms. The normalized spacial score (nSPS) is 18.7. The van der Waals surface area contributed by atoms with Crippen molar-refractivity contribution in [3.05, 3.63) is 65.5 Å². The van der Waals surface area contributed by atoms with Crippen molar-refractivity contribution in [3.63, 3.8) is 0 Å². The highest BCUT2D eigenvalue weighted by Crippen LogP contribution is 2.31. The summed E-state index contributed by atoms with van der Waals surface area (Å²) in [6.07, 6.45) is 0. The molecular formula is C18H20ClFN2O4S. The van der Waals surface area contributed by atoms with E-state index in [1.54, 1.807) is 0 Å². The molecule has 1 fully saturated rings. The summed E-state index contributed by atoms with van der Waals surface area (Å²) < 4.78 is 41.3. The van der Waals surface area contributed by atoms with Gasteiger partial charge < -0.3 is 10.0 Å². The maximum absolute atomic E-state index is 13.6. The Balaban J connectivity index is 0.00000261. The maximum Gasteiger partial charge on any atom is 0.338 e. The van der Waals surface area contributed by atoms with Gasteiger partial charge in [0.05, 0.1) is 16.5 Å². The molecule has 1 unspecified atom stereocenters. The number of nitrogens with zero attached hydrogens (tertiary/aromatic N) is 2. The Kier molecular flexibility index (Phi) is 6.59. The van der Waals surface area contributed by atoms with Crippen LogP contribution in [0.5, 0.6) is 0 Å². The van der Waals surface area contributed by atoms with Gasteiger partial charge in [0, 0.05) is 19.6 Å². The third-order valence-electron chi connectivity index (χ3n) is 4.49. The number of carboxylic acid groups (broad SMARTS) is 1. The van der Waals surface area contributed by atoms with Crippen molar-refractivity contribution in [1.29, 1.82) is 0 Å². The molecule has 1 N–H and O–H groups in total. The van der Waals surface area contributed by atoms with Gasteiger partial charge in [0.25, 0.3) is 0 Å². The predicted octanol–water partition coefficient (Wildman–Crippen LogP) is 2.62. The van der Waals surface area contributed by atoms with Gasteiger partial charge in [-0.05, 0) is 30.8 Å². The van der Waals surface area contributed by atoms with E-state index in [2.05, 4.69) is 0 Å². The Bertz CT molecular complexity index is 924. The van der Waals surface area contributed by atoms with Crippen LogP contribution >= 0.6 is 12.4 Å². The summed E-state index contributed by atoms with van der Waals surface area (Å²) in [5.41, 5.74) is 0.194. The number of likely N-dealkylation sites (N-methyl/N-ethyl adjacent to an activating group) is 1. The number of hydrogen-bond acceptors (Lipinski definition) is 4. The Morgan fingerprint density at radius 3 is 2.44 bits per heavy atom. The van der Waals surface area contributed by atoms with Crippen LogP contribution in [0, 0.1) is 5.82 Å². The lowest BCUT2D eigenvalue weighted by atomic mass is 10.1. The quantitative estimate of drug-likeness (QED) is 0.832. The lowest BCUT2D eigenvalue weighted by molar-refractivity contribution is 0.0691. The van der Waals surface area contributed by atoms with E-state index in [-0.39, 0.29) is 23.8 Å². The van der Waals surface area contributed by atoms with E-state index in [0.29, 0.717) is 13.1 Å². The smallest absolute Gasteiger partial charge is 0.338 e. The van der Waals surface area contributed by atoms with Gasteiger partial charge in [0.1, 0.15) is 5.82 Å². The van der Waals surface area contributed by atoms with Gasteiger partial charge in [0.15, 0.2) is 0 Å². The zero-order valence-corrected chi connectivity index (χ0v) is 16.2. The summed E-state index contributed by atoms with van der Waals surface area (Å²) in [5.74, 6) is -2.47. The molecule has 0 saturated carbocycles. The number of benzene rings is 2. The van der Waals surface area contributed by atoms with Gasteiger partial charge in [-0.3, -0.25) is 0 Å². The summed E-state index contributed by atoms with van der Waals surface area (Å²) in [6.45, 7) is 1.32. The van der Waals surface area contributed by atoms with Crippen LogP contribution in [0.2, 0.25) is 0 Å². The Labute approximate surface area is 163 Å². The van der Waals surface area contributed by atoms with Crippen LogP contribution < -0.4 is 0 Å². The fraction of sp³-hybridized carbons (Fsp3) is 0.278. The highest BCUT2D eigenvalue weighted by Gasteiger charge is 2.36. The fourth-order valence-electron chi connectivity index (χ4n) is 3.10. The van der Waals surface area contributed by atoms with Gasteiger partial charge in [-0.2, -0.15) is 4.31 Å². The highest BCUT2D eigenvalue weighted by atomic mass is 35.5. The van der Waals surface area contributed by atoms with Crippen molar-refractivity contribution < 1.29 is 22.7 Å². The first kappa shape index (κ1) is 21.3. The van der Waals surface area contributed by atoms with Crippen molar-refractivity contribution in [2.45, 2.75) is 10.9 Å².